The van der Waals surface area contributed by atoms with Gasteiger partial charge in [0.1, 0.15) is 0 Å². The molecule has 0 saturated heterocycles. The lowest BCUT2D eigenvalue weighted by molar-refractivity contribution is 0.0926. The fourth-order valence-electron chi connectivity index (χ4n) is 3.33. The summed E-state index contributed by atoms with van der Waals surface area (Å²) in [5.74, 6) is 0.586. The summed E-state index contributed by atoms with van der Waals surface area (Å²) in [6.07, 6.45) is 7.81. The highest BCUT2D eigenvalue weighted by Crippen LogP contribution is 2.21. The summed E-state index contributed by atoms with van der Waals surface area (Å²) < 4.78 is 5.68. The molecular weight excluding hydrogens is 350 g/mol. The summed E-state index contributed by atoms with van der Waals surface area (Å²) in [5, 5.41) is 6.48. The molecule has 6 heteroatoms. The SMILES string of the molecule is Cc1nc(-c2ccccc2)oc1C(=O)NCCNC1CCCCCC1.Cl. The zero-order valence-electron chi connectivity index (χ0n) is 15.3. The van der Waals surface area contributed by atoms with E-state index in [2.05, 4.69) is 15.6 Å². The van der Waals surface area contributed by atoms with Crippen molar-refractivity contribution in [2.45, 2.75) is 51.5 Å². The molecule has 0 bridgehead atoms. The van der Waals surface area contributed by atoms with E-state index in [1.54, 1.807) is 6.92 Å². The molecule has 26 heavy (non-hydrogen) atoms. The Labute approximate surface area is 161 Å². The van der Waals surface area contributed by atoms with Crippen LogP contribution in [0, 0.1) is 6.92 Å². The number of carbonyl (C=O) groups is 1. The second-order valence-corrected chi connectivity index (χ2v) is 6.70. The van der Waals surface area contributed by atoms with E-state index in [1.165, 1.54) is 38.5 Å². The van der Waals surface area contributed by atoms with E-state index in [0.717, 1.165) is 12.1 Å². The van der Waals surface area contributed by atoms with Gasteiger partial charge < -0.3 is 15.1 Å². The molecule has 3 rings (SSSR count). The molecule has 1 aromatic heterocycles. The van der Waals surface area contributed by atoms with Gasteiger partial charge in [0.25, 0.3) is 5.91 Å². The first-order valence-corrected chi connectivity index (χ1v) is 9.28. The number of aryl methyl sites for hydroxylation is 1. The van der Waals surface area contributed by atoms with Crippen LogP contribution in [0.4, 0.5) is 0 Å². The van der Waals surface area contributed by atoms with Gasteiger partial charge in [-0.2, -0.15) is 0 Å². The summed E-state index contributed by atoms with van der Waals surface area (Å²) in [4.78, 5) is 16.7. The number of amides is 1. The van der Waals surface area contributed by atoms with E-state index in [4.69, 9.17) is 4.42 Å². The van der Waals surface area contributed by atoms with Gasteiger partial charge in [-0.1, -0.05) is 43.9 Å². The predicted octanol–water partition coefficient (Wildman–Crippen LogP) is 4.11. The van der Waals surface area contributed by atoms with Gasteiger partial charge >= 0.3 is 0 Å². The molecule has 142 valence electrons. The average Bonchev–Trinajstić information content (AvgIpc) is 2.85. The van der Waals surface area contributed by atoms with Crippen LogP contribution in [0.2, 0.25) is 0 Å². The maximum Gasteiger partial charge on any atom is 0.289 e. The van der Waals surface area contributed by atoms with Crippen molar-refractivity contribution in [2.75, 3.05) is 13.1 Å². The number of nitrogens with one attached hydrogen (secondary N) is 2. The minimum Gasteiger partial charge on any atom is -0.431 e. The molecule has 1 aromatic carbocycles. The van der Waals surface area contributed by atoms with Crippen LogP contribution in [0.15, 0.2) is 34.7 Å². The second-order valence-electron chi connectivity index (χ2n) is 6.70. The Morgan fingerprint density at radius 2 is 1.81 bits per heavy atom. The van der Waals surface area contributed by atoms with Crippen molar-refractivity contribution in [3.63, 3.8) is 0 Å². The van der Waals surface area contributed by atoms with Crippen LogP contribution in [0.3, 0.4) is 0 Å². The van der Waals surface area contributed by atoms with Crippen LogP contribution >= 0.6 is 12.4 Å². The van der Waals surface area contributed by atoms with Gasteiger partial charge in [-0.05, 0) is 31.9 Å². The topological polar surface area (TPSA) is 67.2 Å². The summed E-state index contributed by atoms with van der Waals surface area (Å²) in [7, 11) is 0. The Morgan fingerprint density at radius 1 is 1.12 bits per heavy atom. The molecule has 0 radical (unpaired) electrons. The maximum atomic E-state index is 12.3. The standard InChI is InChI=1S/C20H27N3O2.ClH/c1-15-18(25-20(23-15)16-9-5-4-6-10-16)19(24)22-14-13-21-17-11-7-2-3-8-12-17;/h4-6,9-10,17,21H,2-3,7-8,11-14H2,1H3,(H,22,24);1H. The predicted molar refractivity (Wildman–Crippen MR) is 106 cm³/mol. The van der Waals surface area contributed by atoms with Crippen LogP contribution in [0.5, 0.6) is 0 Å². The zero-order chi connectivity index (χ0) is 17.5. The third-order valence-electron chi connectivity index (χ3n) is 4.72. The van der Waals surface area contributed by atoms with E-state index < -0.39 is 0 Å². The molecule has 2 N–H and O–H groups in total. The fraction of sp³-hybridized carbons (Fsp3) is 0.500. The molecule has 1 aliphatic carbocycles. The van der Waals surface area contributed by atoms with E-state index in [1.807, 2.05) is 30.3 Å². The zero-order valence-corrected chi connectivity index (χ0v) is 16.1. The second kappa shape index (κ2) is 10.3. The minimum atomic E-state index is -0.199. The molecule has 0 atom stereocenters. The highest BCUT2D eigenvalue weighted by molar-refractivity contribution is 5.92. The lowest BCUT2D eigenvalue weighted by Gasteiger charge is -2.16. The van der Waals surface area contributed by atoms with Gasteiger partial charge in [0, 0.05) is 24.7 Å². The van der Waals surface area contributed by atoms with Crippen molar-refractivity contribution in [2.24, 2.45) is 0 Å². The number of aromatic nitrogens is 1. The summed E-state index contributed by atoms with van der Waals surface area (Å²) in [5.41, 5.74) is 1.49. The normalized spacial score (nSPS) is 15.1. The monoisotopic (exact) mass is 377 g/mol. The molecule has 5 nitrogen and oxygen atoms in total. The average molecular weight is 378 g/mol. The Balaban J connectivity index is 0.00000243. The Morgan fingerprint density at radius 3 is 2.50 bits per heavy atom. The molecule has 0 unspecified atom stereocenters. The van der Waals surface area contributed by atoms with Crippen LogP contribution in [0.25, 0.3) is 11.5 Å². The Hall–Kier alpha value is -1.85. The van der Waals surface area contributed by atoms with Crippen LogP contribution < -0.4 is 10.6 Å². The molecule has 1 amide bonds. The van der Waals surface area contributed by atoms with Crippen LogP contribution in [0.1, 0.15) is 54.8 Å². The molecule has 0 spiro atoms. The summed E-state index contributed by atoms with van der Waals surface area (Å²) in [6.45, 7) is 3.18. The number of halogens is 1. The van der Waals surface area contributed by atoms with Gasteiger partial charge in [0.05, 0.1) is 5.69 Å². The van der Waals surface area contributed by atoms with Gasteiger partial charge in [-0.25, -0.2) is 4.98 Å². The largest absolute Gasteiger partial charge is 0.431 e. The van der Waals surface area contributed by atoms with Gasteiger partial charge in [0.15, 0.2) is 0 Å². The molecule has 1 aliphatic rings. The molecular formula is C20H28ClN3O2. The van der Waals surface area contributed by atoms with Crippen molar-refractivity contribution < 1.29 is 9.21 Å². The number of rotatable bonds is 6. The van der Waals surface area contributed by atoms with Gasteiger partial charge in [-0.15, -0.1) is 12.4 Å². The van der Waals surface area contributed by atoms with Crippen molar-refractivity contribution in [1.29, 1.82) is 0 Å². The van der Waals surface area contributed by atoms with E-state index in [9.17, 15) is 4.79 Å². The first kappa shape index (κ1) is 20.5. The van der Waals surface area contributed by atoms with Crippen LogP contribution in [-0.4, -0.2) is 30.0 Å². The molecule has 1 fully saturated rings. The number of hydrogen-bond acceptors (Lipinski definition) is 4. The fourth-order valence-corrected chi connectivity index (χ4v) is 3.33. The number of carbonyl (C=O) groups excluding carboxylic acids is 1. The van der Waals surface area contributed by atoms with Crippen molar-refractivity contribution in [3.05, 3.63) is 41.8 Å². The maximum absolute atomic E-state index is 12.3. The number of oxazole rings is 1. The summed E-state index contributed by atoms with van der Waals surface area (Å²) >= 11 is 0. The number of hydrogen-bond donors (Lipinski definition) is 2. The smallest absolute Gasteiger partial charge is 0.289 e. The van der Waals surface area contributed by atoms with E-state index >= 15 is 0 Å². The van der Waals surface area contributed by atoms with Crippen molar-refractivity contribution in [1.82, 2.24) is 15.6 Å². The molecule has 1 saturated carbocycles. The Bertz CT molecular complexity index is 680. The van der Waals surface area contributed by atoms with E-state index in [-0.39, 0.29) is 18.3 Å². The number of nitrogens with zero attached hydrogens (tertiary/aromatic N) is 1. The number of benzene rings is 1. The van der Waals surface area contributed by atoms with Crippen LogP contribution in [-0.2, 0) is 0 Å². The first-order chi connectivity index (χ1) is 12.2. The highest BCUT2D eigenvalue weighted by Gasteiger charge is 2.18. The minimum absolute atomic E-state index is 0. The van der Waals surface area contributed by atoms with Crippen molar-refractivity contribution in [3.8, 4) is 11.5 Å². The molecule has 2 aromatic rings. The lowest BCUT2D eigenvalue weighted by atomic mass is 10.1. The summed E-state index contributed by atoms with van der Waals surface area (Å²) in [6, 6.07) is 10.2. The quantitative estimate of drug-likeness (QED) is 0.587. The van der Waals surface area contributed by atoms with E-state index in [0.29, 0.717) is 29.9 Å². The third kappa shape index (κ3) is 5.58. The highest BCUT2D eigenvalue weighted by atomic mass is 35.5. The lowest BCUT2D eigenvalue weighted by Crippen LogP contribution is -2.36. The first-order valence-electron chi connectivity index (χ1n) is 9.28. The third-order valence-corrected chi connectivity index (χ3v) is 4.72. The van der Waals surface area contributed by atoms with Gasteiger partial charge in [0.2, 0.25) is 11.7 Å². The van der Waals surface area contributed by atoms with Gasteiger partial charge in [-0.3, -0.25) is 4.79 Å². The van der Waals surface area contributed by atoms with Crippen molar-refractivity contribution >= 4 is 18.3 Å². The Kier molecular flexibility index (Phi) is 8.13. The molecule has 1 heterocycles. The molecule has 0 aliphatic heterocycles.